The molecule has 1 aromatic carbocycles. The number of halogens is 3. The summed E-state index contributed by atoms with van der Waals surface area (Å²) in [5.41, 5.74) is 1.48. The zero-order valence-corrected chi connectivity index (χ0v) is 12.0. The Morgan fingerprint density at radius 1 is 0.950 bits per heavy atom. The lowest BCUT2D eigenvalue weighted by Gasteiger charge is -2.08. The monoisotopic (exact) mass is 281 g/mol. The summed E-state index contributed by atoms with van der Waals surface area (Å²) < 4.78 is 39.1. The Morgan fingerprint density at radius 3 is 2.00 bits per heavy atom. The van der Waals surface area contributed by atoms with Gasteiger partial charge < -0.3 is 0 Å². The van der Waals surface area contributed by atoms with Gasteiger partial charge in [0.2, 0.25) is 0 Å². The minimum atomic E-state index is -1.46. The molecule has 108 valence electrons. The van der Waals surface area contributed by atoms with Crippen LogP contribution in [0.15, 0.2) is 30.3 Å². The third kappa shape index (κ3) is 3.59. The molecule has 0 fully saturated rings. The van der Waals surface area contributed by atoms with Gasteiger partial charge in [-0.05, 0) is 30.2 Å². The van der Waals surface area contributed by atoms with Crippen LogP contribution in [0, 0.1) is 17.5 Å². The van der Waals surface area contributed by atoms with Crippen LogP contribution in [0.5, 0.6) is 0 Å². The number of aromatic nitrogens is 1. The molecule has 0 N–H and O–H groups in total. The highest BCUT2D eigenvalue weighted by atomic mass is 19.2. The molecule has 1 heterocycles. The Labute approximate surface area is 117 Å². The molecule has 0 atom stereocenters. The van der Waals surface area contributed by atoms with Crippen molar-refractivity contribution in [3.63, 3.8) is 0 Å². The summed E-state index contributed by atoms with van der Waals surface area (Å²) in [4.78, 5) is 4.30. The number of hydrogen-bond donors (Lipinski definition) is 0. The Morgan fingerprint density at radius 2 is 1.50 bits per heavy atom. The Balaban J connectivity index is 0.000000956. The minimum Gasteiger partial charge on any atom is -0.253 e. The Bertz CT molecular complexity index is 557. The van der Waals surface area contributed by atoms with Crippen molar-refractivity contribution >= 4 is 0 Å². The zero-order chi connectivity index (χ0) is 15.3. The highest BCUT2D eigenvalue weighted by molar-refractivity contribution is 5.59. The van der Waals surface area contributed by atoms with Crippen molar-refractivity contribution in [1.29, 1.82) is 0 Å². The second-order valence-corrected chi connectivity index (χ2v) is 4.36. The lowest BCUT2D eigenvalue weighted by atomic mass is 10.1. The molecule has 0 bridgehead atoms. The first-order valence-corrected chi connectivity index (χ1v) is 6.61. The van der Waals surface area contributed by atoms with Crippen molar-refractivity contribution in [3.05, 3.63) is 53.5 Å². The first-order valence-electron chi connectivity index (χ1n) is 6.61. The van der Waals surface area contributed by atoms with Crippen molar-refractivity contribution in [3.8, 4) is 11.3 Å². The van der Waals surface area contributed by atoms with E-state index in [1.165, 1.54) is 0 Å². The summed E-state index contributed by atoms with van der Waals surface area (Å²) in [5, 5.41) is 0. The third-order valence-corrected chi connectivity index (χ3v) is 2.64. The summed E-state index contributed by atoms with van der Waals surface area (Å²) in [5.74, 6) is -3.66. The molecule has 0 aliphatic carbocycles. The molecule has 0 aliphatic rings. The van der Waals surface area contributed by atoms with E-state index in [4.69, 9.17) is 0 Å². The van der Waals surface area contributed by atoms with E-state index in [1.54, 1.807) is 12.1 Å². The molecule has 0 saturated carbocycles. The van der Waals surface area contributed by atoms with E-state index in [1.807, 2.05) is 33.8 Å². The van der Waals surface area contributed by atoms with Gasteiger partial charge in [0.05, 0.1) is 5.69 Å². The zero-order valence-electron chi connectivity index (χ0n) is 12.0. The van der Waals surface area contributed by atoms with Crippen molar-refractivity contribution in [2.24, 2.45) is 0 Å². The van der Waals surface area contributed by atoms with Crippen LogP contribution in [0.4, 0.5) is 13.2 Å². The van der Waals surface area contributed by atoms with Crippen molar-refractivity contribution in [2.75, 3.05) is 0 Å². The first-order chi connectivity index (χ1) is 9.49. The molecule has 0 spiro atoms. The Kier molecular flexibility index (Phi) is 5.74. The fourth-order valence-electron chi connectivity index (χ4n) is 1.64. The van der Waals surface area contributed by atoms with Crippen molar-refractivity contribution < 1.29 is 13.2 Å². The van der Waals surface area contributed by atoms with Crippen LogP contribution in [0.2, 0.25) is 0 Å². The highest BCUT2D eigenvalue weighted by Gasteiger charge is 2.12. The summed E-state index contributed by atoms with van der Waals surface area (Å²) in [7, 11) is 0. The van der Waals surface area contributed by atoms with Crippen LogP contribution in [0.25, 0.3) is 11.3 Å². The lowest BCUT2D eigenvalue weighted by molar-refractivity contribution is 0.447. The molecule has 0 unspecified atom stereocenters. The molecule has 1 aromatic heterocycles. The van der Waals surface area contributed by atoms with Gasteiger partial charge >= 0.3 is 0 Å². The second-order valence-electron chi connectivity index (χ2n) is 4.36. The van der Waals surface area contributed by atoms with E-state index >= 15 is 0 Å². The van der Waals surface area contributed by atoms with Gasteiger partial charge in [-0.1, -0.05) is 33.8 Å². The fraction of sp³-hybridized carbons (Fsp3) is 0.312. The van der Waals surface area contributed by atoms with Crippen LogP contribution >= 0.6 is 0 Å². The van der Waals surface area contributed by atoms with Gasteiger partial charge in [0.1, 0.15) is 0 Å². The highest BCUT2D eigenvalue weighted by Crippen LogP contribution is 2.23. The van der Waals surface area contributed by atoms with Crippen LogP contribution in [-0.2, 0) is 0 Å². The van der Waals surface area contributed by atoms with Crippen LogP contribution in [0.3, 0.4) is 0 Å². The van der Waals surface area contributed by atoms with Crippen molar-refractivity contribution in [2.45, 2.75) is 33.6 Å². The fourth-order valence-corrected chi connectivity index (χ4v) is 1.64. The standard InChI is InChI=1S/C14H12F3N.C2H6/c1-8(2)12-4-3-5-13(18-12)9-6-10(15)14(17)11(16)7-9;1-2/h3-8H,1-2H3;1-2H3. The van der Waals surface area contributed by atoms with Gasteiger partial charge in [0.25, 0.3) is 0 Å². The molecule has 0 aliphatic heterocycles. The summed E-state index contributed by atoms with van der Waals surface area (Å²) in [6.07, 6.45) is 0. The lowest BCUT2D eigenvalue weighted by Crippen LogP contribution is -1.96. The number of nitrogens with zero attached hydrogens (tertiary/aromatic N) is 1. The van der Waals surface area contributed by atoms with Gasteiger partial charge in [-0.3, -0.25) is 4.98 Å². The number of hydrogen-bond acceptors (Lipinski definition) is 1. The van der Waals surface area contributed by atoms with Gasteiger partial charge in [-0.25, -0.2) is 13.2 Å². The number of rotatable bonds is 2. The summed E-state index contributed by atoms with van der Waals surface area (Å²) >= 11 is 0. The van der Waals surface area contributed by atoms with E-state index in [9.17, 15) is 13.2 Å². The molecule has 0 saturated heterocycles. The molecule has 4 heteroatoms. The molecular weight excluding hydrogens is 263 g/mol. The second kappa shape index (κ2) is 7.08. The quantitative estimate of drug-likeness (QED) is 0.679. The van der Waals surface area contributed by atoms with E-state index in [0.717, 1.165) is 17.8 Å². The largest absolute Gasteiger partial charge is 0.253 e. The molecule has 2 rings (SSSR count). The predicted octanol–water partition coefficient (Wildman–Crippen LogP) is 5.32. The van der Waals surface area contributed by atoms with E-state index in [0.29, 0.717) is 5.69 Å². The average molecular weight is 281 g/mol. The maximum Gasteiger partial charge on any atom is 0.194 e. The van der Waals surface area contributed by atoms with Crippen molar-refractivity contribution in [1.82, 2.24) is 4.98 Å². The predicted molar refractivity (Wildman–Crippen MR) is 75.0 cm³/mol. The van der Waals surface area contributed by atoms with Gasteiger partial charge in [0, 0.05) is 11.3 Å². The van der Waals surface area contributed by atoms with E-state index in [-0.39, 0.29) is 11.5 Å². The normalized spacial score (nSPS) is 10.2. The Hall–Kier alpha value is -1.84. The molecule has 2 aromatic rings. The molecular formula is C16H18F3N. The minimum absolute atomic E-state index is 0.208. The molecule has 20 heavy (non-hydrogen) atoms. The first kappa shape index (κ1) is 16.2. The molecule has 1 nitrogen and oxygen atoms in total. The average Bonchev–Trinajstić information content (AvgIpc) is 2.46. The maximum absolute atomic E-state index is 13.1. The third-order valence-electron chi connectivity index (χ3n) is 2.64. The summed E-state index contributed by atoms with van der Waals surface area (Å²) in [6, 6.07) is 7.13. The summed E-state index contributed by atoms with van der Waals surface area (Å²) in [6.45, 7) is 7.94. The topological polar surface area (TPSA) is 12.9 Å². The number of pyridine rings is 1. The van der Waals surface area contributed by atoms with Gasteiger partial charge in [-0.15, -0.1) is 0 Å². The van der Waals surface area contributed by atoms with Gasteiger partial charge in [-0.2, -0.15) is 0 Å². The molecule has 0 amide bonds. The van der Waals surface area contributed by atoms with Gasteiger partial charge in [0.15, 0.2) is 17.5 Å². The van der Waals surface area contributed by atoms with Crippen LogP contribution < -0.4 is 0 Å². The van der Waals surface area contributed by atoms with E-state index < -0.39 is 17.5 Å². The van der Waals surface area contributed by atoms with Crippen LogP contribution in [-0.4, -0.2) is 4.98 Å². The number of benzene rings is 1. The van der Waals surface area contributed by atoms with E-state index in [2.05, 4.69) is 4.98 Å². The molecule has 0 radical (unpaired) electrons. The SMILES string of the molecule is CC.CC(C)c1cccc(-c2cc(F)c(F)c(F)c2)n1. The maximum atomic E-state index is 13.1. The smallest absolute Gasteiger partial charge is 0.194 e. The van der Waals surface area contributed by atoms with Crippen LogP contribution in [0.1, 0.15) is 39.3 Å².